The van der Waals surface area contributed by atoms with Gasteiger partial charge in [-0.3, -0.25) is 9.59 Å². The number of hydrogen-bond donors (Lipinski definition) is 1. The summed E-state index contributed by atoms with van der Waals surface area (Å²) in [7, 11) is 0. The Bertz CT molecular complexity index is 1100. The zero-order valence-electron chi connectivity index (χ0n) is 17.5. The second-order valence-electron chi connectivity index (χ2n) is 7.36. The van der Waals surface area contributed by atoms with E-state index in [2.05, 4.69) is 5.32 Å². The molecule has 31 heavy (non-hydrogen) atoms. The number of fused-ring (bicyclic) bond motifs is 1. The Hall–Kier alpha value is -3.80. The van der Waals surface area contributed by atoms with E-state index in [1.807, 2.05) is 55.5 Å². The van der Waals surface area contributed by atoms with Gasteiger partial charge in [-0.05, 0) is 49.7 Å². The highest BCUT2D eigenvalue weighted by molar-refractivity contribution is 6.06. The van der Waals surface area contributed by atoms with Crippen LogP contribution < -0.4 is 19.7 Å². The van der Waals surface area contributed by atoms with Gasteiger partial charge in [-0.1, -0.05) is 36.4 Å². The van der Waals surface area contributed by atoms with Crippen molar-refractivity contribution in [1.29, 1.82) is 0 Å². The van der Waals surface area contributed by atoms with Gasteiger partial charge >= 0.3 is 0 Å². The van der Waals surface area contributed by atoms with E-state index in [4.69, 9.17) is 9.47 Å². The largest absolute Gasteiger partial charge is 0.492 e. The quantitative estimate of drug-likeness (QED) is 0.645. The van der Waals surface area contributed by atoms with Crippen molar-refractivity contribution in [3.63, 3.8) is 0 Å². The van der Waals surface area contributed by atoms with Gasteiger partial charge < -0.3 is 19.7 Å². The first-order chi connectivity index (χ1) is 15.0. The van der Waals surface area contributed by atoms with Crippen LogP contribution in [0.4, 0.5) is 11.4 Å². The number of carbonyl (C=O) groups excluding carboxylic acids is 2. The zero-order chi connectivity index (χ0) is 21.8. The molecule has 0 radical (unpaired) electrons. The van der Waals surface area contributed by atoms with Crippen LogP contribution in [0.1, 0.15) is 22.8 Å². The molecule has 1 N–H and O–H groups in total. The third-order valence-corrected chi connectivity index (χ3v) is 5.14. The molecular weight excluding hydrogens is 392 g/mol. The summed E-state index contributed by atoms with van der Waals surface area (Å²) in [6.45, 7) is 4.36. The molecule has 2 amide bonds. The highest BCUT2D eigenvalue weighted by atomic mass is 16.5. The Labute approximate surface area is 181 Å². The molecule has 3 aromatic rings. The number of anilines is 2. The Balaban J connectivity index is 1.49. The summed E-state index contributed by atoms with van der Waals surface area (Å²) in [6, 6.07) is 22.2. The number of para-hydroxylation sites is 1. The maximum absolute atomic E-state index is 12.7. The molecule has 3 aromatic carbocycles. The molecule has 1 aliphatic heterocycles. The summed E-state index contributed by atoms with van der Waals surface area (Å²) in [5.41, 5.74) is 2.78. The number of nitrogens with one attached hydrogen (secondary N) is 1. The van der Waals surface area contributed by atoms with E-state index >= 15 is 0 Å². The molecule has 0 spiro atoms. The number of carbonyl (C=O) groups is 2. The average Bonchev–Trinajstić information content (AvgIpc) is 2.77. The molecule has 4 rings (SSSR count). The predicted molar refractivity (Wildman–Crippen MR) is 120 cm³/mol. The van der Waals surface area contributed by atoms with E-state index in [0.29, 0.717) is 35.8 Å². The average molecular weight is 416 g/mol. The summed E-state index contributed by atoms with van der Waals surface area (Å²) in [6.07, 6.45) is -0.619. The number of nitrogens with zero attached hydrogens (tertiary/aromatic N) is 1. The first-order valence-corrected chi connectivity index (χ1v) is 10.2. The predicted octanol–water partition coefficient (Wildman–Crippen LogP) is 4.44. The van der Waals surface area contributed by atoms with E-state index in [-0.39, 0.29) is 11.8 Å². The lowest BCUT2D eigenvalue weighted by Crippen LogP contribution is -2.46. The van der Waals surface area contributed by atoms with Crippen molar-refractivity contribution in [3.8, 4) is 11.5 Å². The maximum atomic E-state index is 12.7. The number of hydrogen-bond acceptors (Lipinski definition) is 4. The molecular formula is C25H24N2O4. The van der Waals surface area contributed by atoms with Crippen molar-refractivity contribution < 1.29 is 19.1 Å². The molecule has 1 unspecified atom stereocenters. The normalized spacial score (nSPS) is 15.1. The van der Waals surface area contributed by atoms with Crippen molar-refractivity contribution in [3.05, 3.63) is 83.9 Å². The summed E-state index contributed by atoms with van der Waals surface area (Å²) >= 11 is 0. The number of amides is 2. The van der Waals surface area contributed by atoms with Gasteiger partial charge in [0.15, 0.2) is 6.10 Å². The third kappa shape index (κ3) is 4.53. The Morgan fingerprint density at radius 1 is 1.06 bits per heavy atom. The standard InChI is InChI=1S/C25H24N2O4/c1-17-8-6-7-11-21(17)24(28)26-19-12-13-22-23(16-19)31-18(2)25(29)27(22)14-15-30-20-9-4-3-5-10-20/h3-13,16,18H,14-15H2,1-2H3,(H,26,28). The van der Waals surface area contributed by atoms with E-state index in [1.165, 1.54) is 0 Å². The fourth-order valence-corrected chi connectivity index (χ4v) is 3.52. The molecule has 0 bridgehead atoms. The molecule has 158 valence electrons. The minimum Gasteiger partial charge on any atom is -0.492 e. The molecule has 0 saturated carbocycles. The van der Waals surface area contributed by atoms with E-state index in [9.17, 15) is 9.59 Å². The monoisotopic (exact) mass is 416 g/mol. The first-order valence-electron chi connectivity index (χ1n) is 10.2. The minimum atomic E-state index is -0.619. The van der Waals surface area contributed by atoms with Crippen LogP contribution in [0, 0.1) is 6.92 Å². The summed E-state index contributed by atoms with van der Waals surface area (Å²) < 4.78 is 11.6. The van der Waals surface area contributed by atoms with E-state index in [0.717, 1.165) is 11.3 Å². The number of ether oxygens (including phenoxy) is 2. The van der Waals surface area contributed by atoms with Crippen LogP contribution in [0.15, 0.2) is 72.8 Å². The first kappa shape index (κ1) is 20.5. The second kappa shape index (κ2) is 8.92. The zero-order valence-corrected chi connectivity index (χ0v) is 17.5. The number of rotatable bonds is 6. The van der Waals surface area contributed by atoms with Gasteiger partial charge in [0, 0.05) is 17.3 Å². The Morgan fingerprint density at radius 2 is 1.81 bits per heavy atom. The highest BCUT2D eigenvalue weighted by Crippen LogP contribution is 2.36. The molecule has 0 aromatic heterocycles. The molecule has 1 heterocycles. The van der Waals surface area contributed by atoms with Crippen LogP contribution in [0.3, 0.4) is 0 Å². The van der Waals surface area contributed by atoms with Crippen LogP contribution in [0.25, 0.3) is 0 Å². The van der Waals surface area contributed by atoms with Crippen LogP contribution in [-0.2, 0) is 4.79 Å². The number of benzene rings is 3. The van der Waals surface area contributed by atoms with Gasteiger partial charge in [0.1, 0.15) is 18.1 Å². The summed E-state index contributed by atoms with van der Waals surface area (Å²) in [5.74, 6) is 0.993. The number of aryl methyl sites for hydroxylation is 1. The molecule has 0 fully saturated rings. The lowest BCUT2D eigenvalue weighted by Gasteiger charge is -2.33. The Kier molecular flexibility index (Phi) is 5.89. The SMILES string of the molecule is Cc1ccccc1C(=O)Nc1ccc2c(c1)OC(C)C(=O)N2CCOc1ccccc1. The van der Waals surface area contributed by atoms with Crippen molar-refractivity contribution >= 4 is 23.2 Å². The van der Waals surface area contributed by atoms with Crippen LogP contribution in [0.2, 0.25) is 0 Å². The van der Waals surface area contributed by atoms with Gasteiger partial charge in [-0.2, -0.15) is 0 Å². The summed E-state index contributed by atoms with van der Waals surface area (Å²) in [4.78, 5) is 27.0. The minimum absolute atomic E-state index is 0.124. The lowest BCUT2D eigenvalue weighted by molar-refractivity contribution is -0.125. The molecule has 6 nitrogen and oxygen atoms in total. The molecule has 0 saturated heterocycles. The van der Waals surface area contributed by atoms with Crippen molar-refractivity contribution in [1.82, 2.24) is 0 Å². The topological polar surface area (TPSA) is 67.9 Å². The molecule has 1 aliphatic rings. The summed E-state index contributed by atoms with van der Waals surface area (Å²) in [5, 5.41) is 2.91. The fourth-order valence-electron chi connectivity index (χ4n) is 3.52. The van der Waals surface area contributed by atoms with Crippen LogP contribution >= 0.6 is 0 Å². The molecule has 6 heteroatoms. The lowest BCUT2D eigenvalue weighted by atomic mass is 10.1. The van der Waals surface area contributed by atoms with Gasteiger partial charge in [0.05, 0.1) is 12.2 Å². The second-order valence-corrected chi connectivity index (χ2v) is 7.36. The highest BCUT2D eigenvalue weighted by Gasteiger charge is 2.31. The van der Waals surface area contributed by atoms with Crippen molar-refractivity contribution in [2.45, 2.75) is 20.0 Å². The molecule has 0 aliphatic carbocycles. The maximum Gasteiger partial charge on any atom is 0.267 e. The van der Waals surface area contributed by atoms with Gasteiger partial charge in [0.2, 0.25) is 0 Å². The molecule has 1 atom stereocenters. The van der Waals surface area contributed by atoms with Crippen LogP contribution in [-0.4, -0.2) is 31.1 Å². The van der Waals surface area contributed by atoms with Crippen molar-refractivity contribution in [2.24, 2.45) is 0 Å². The Morgan fingerprint density at radius 3 is 2.58 bits per heavy atom. The van der Waals surface area contributed by atoms with Gasteiger partial charge in [-0.25, -0.2) is 0 Å². The van der Waals surface area contributed by atoms with Gasteiger partial charge in [0.25, 0.3) is 11.8 Å². The third-order valence-electron chi connectivity index (χ3n) is 5.14. The fraction of sp³-hybridized carbons (Fsp3) is 0.200. The van der Waals surface area contributed by atoms with Gasteiger partial charge in [-0.15, -0.1) is 0 Å². The van der Waals surface area contributed by atoms with E-state index in [1.54, 1.807) is 36.1 Å². The van der Waals surface area contributed by atoms with E-state index < -0.39 is 6.10 Å². The van der Waals surface area contributed by atoms with Crippen molar-refractivity contribution in [2.75, 3.05) is 23.4 Å². The smallest absolute Gasteiger partial charge is 0.267 e. The van der Waals surface area contributed by atoms with Crippen LogP contribution in [0.5, 0.6) is 11.5 Å².